The van der Waals surface area contributed by atoms with Gasteiger partial charge < -0.3 is 10.0 Å². The zero-order chi connectivity index (χ0) is 14.9. The van der Waals surface area contributed by atoms with Gasteiger partial charge in [0.2, 0.25) is 0 Å². The Kier molecular flexibility index (Phi) is 4.49. The minimum Gasteiger partial charge on any atom is -0.423 e. The maximum Gasteiger partial charge on any atom is 0.488 e. The number of rotatable bonds is 3. The third-order valence-electron chi connectivity index (χ3n) is 4.16. The maximum atomic E-state index is 14.0. The second-order valence-electron chi connectivity index (χ2n) is 6.17. The summed E-state index contributed by atoms with van der Waals surface area (Å²) in [7, 11) is 0.483. The fourth-order valence-corrected chi connectivity index (χ4v) is 2.57. The second kappa shape index (κ2) is 5.81. The minimum atomic E-state index is -1.62. The molecule has 4 nitrogen and oxygen atoms in total. The van der Waals surface area contributed by atoms with E-state index < -0.39 is 7.12 Å². The SMILES string of the molecule is CN1CCN(Cc2ccc(B(O)O)cc2F)CC1(C)C. The summed E-state index contributed by atoms with van der Waals surface area (Å²) in [6.45, 7) is 7.66. The molecule has 0 spiro atoms. The Morgan fingerprint density at radius 3 is 2.55 bits per heavy atom. The molecule has 1 aromatic carbocycles. The first kappa shape index (κ1) is 15.4. The van der Waals surface area contributed by atoms with Crippen molar-refractivity contribution < 1.29 is 14.4 Å². The van der Waals surface area contributed by atoms with E-state index in [1.807, 2.05) is 0 Å². The van der Waals surface area contributed by atoms with Crippen LogP contribution in [-0.4, -0.2) is 59.2 Å². The molecule has 1 saturated heterocycles. The smallest absolute Gasteiger partial charge is 0.423 e. The first-order chi connectivity index (χ1) is 9.29. The summed E-state index contributed by atoms with van der Waals surface area (Å²) in [4.78, 5) is 4.54. The van der Waals surface area contributed by atoms with Crippen LogP contribution in [0.15, 0.2) is 18.2 Å². The fraction of sp³-hybridized carbons (Fsp3) is 0.571. The van der Waals surface area contributed by atoms with E-state index in [2.05, 4.69) is 30.7 Å². The van der Waals surface area contributed by atoms with Crippen molar-refractivity contribution in [2.75, 3.05) is 26.7 Å². The number of likely N-dealkylation sites (N-methyl/N-ethyl adjacent to an activating group) is 1. The lowest BCUT2D eigenvalue weighted by atomic mass is 9.80. The van der Waals surface area contributed by atoms with Crippen LogP contribution < -0.4 is 5.46 Å². The number of halogens is 1. The molecule has 6 heteroatoms. The summed E-state index contributed by atoms with van der Waals surface area (Å²) < 4.78 is 14.0. The molecular weight excluding hydrogens is 258 g/mol. The van der Waals surface area contributed by atoms with Crippen LogP contribution in [0.4, 0.5) is 4.39 Å². The van der Waals surface area contributed by atoms with E-state index in [0.29, 0.717) is 12.1 Å². The summed E-state index contributed by atoms with van der Waals surface area (Å²) >= 11 is 0. The summed E-state index contributed by atoms with van der Waals surface area (Å²) in [5.74, 6) is -0.382. The Morgan fingerprint density at radius 1 is 1.30 bits per heavy atom. The van der Waals surface area contributed by atoms with E-state index in [1.165, 1.54) is 6.07 Å². The van der Waals surface area contributed by atoms with Crippen molar-refractivity contribution in [1.29, 1.82) is 0 Å². The van der Waals surface area contributed by atoms with Crippen LogP contribution in [0.5, 0.6) is 0 Å². The average molecular weight is 280 g/mol. The molecular formula is C14H22BFN2O2. The highest BCUT2D eigenvalue weighted by Crippen LogP contribution is 2.21. The van der Waals surface area contributed by atoms with Crippen molar-refractivity contribution in [2.45, 2.75) is 25.9 Å². The Balaban J connectivity index is 2.07. The van der Waals surface area contributed by atoms with Crippen molar-refractivity contribution in [3.8, 4) is 0 Å². The molecule has 0 bridgehead atoms. The highest BCUT2D eigenvalue weighted by atomic mass is 19.1. The Hall–Kier alpha value is -0.945. The van der Waals surface area contributed by atoms with Gasteiger partial charge in [-0.25, -0.2) is 4.39 Å². The molecule has 0 amide bonds. The Bertz CT molecular complexity index is 482. The Morgan fingerprint density at radius 2 is 2.00 bits per heavy atom. The molecule has 0 saturated carbocycles. The lowest BCUT2D eigenvalue weighted by Gasteiger charge is -2.45. The van der Waals surface area contributed by atoms with Crippen molar-refractivity contribution in [3.63, 3.8) is 0 Å². The van der Waals surface area contributed by atoms with Gasteiger partial charge in [0.1, 0.15) is 5.82 Å². The predicted octanol–water partition coefficient (Wildman–Crippen LogP) is 0.0315. The normalized spacial score (nSPS) is 20.1. The minimum absolute atomic E-state index is 0.0793. The van der Waals surface area contributed by atoms with Crippen LogP contribution >= 0.6 is 0 Å². The zero-order valence-corrected chi connectivity index (χ0v) is 12.3. The van der Waals surface area contributed by atoms with E-state index in [4.69, 9.17) is 10.0 Å². The first-order valence-corrected chi connectivity index (χ1v) is 6.87. The van der Waals surface area contributed by atoms with Crippen LogP contribution in [0.25, 0.3) is 0 Å². The molecule has 1 aliphatic rings. The lowest BCUT2D eigenvalue weighted by Crippen LogP contribution is -2.57. The van der Waals surface area contributed by atoms with Crippen molar-refractivity contribution in [2.24, 2.45) is 0 Å². The van der Waals surface area contributed by atoms with Gasteiger partial charge in [0.25, 0.3) is 0 Å². The highest BCUT2D eigenvalue weighted by Gasteiger charge is 2.31. The van der Waals surface area contributed by atoms with Crippen LogP contribution in [-0.2, 0) is 6.54 Å². The van der Waals surface area contributed by atoms with E-state index in [0.717, 1.165) is 19.6 Å². The molecule has 1 aromatic rings. The standard InChI is InChI=1S/C14H22BFN2O2/c1-14(2)10-18(7-6-17(14)3)9-11-4-5-12(15(19)20)8-13(11)16/h4-5,8,19-20H,6-7,9-10H2,1-3H3. The molecule has 1 aliphatic heterocycles. The van der Waals surface area contributed by atoms with E-state index in [1.54, 1.807) is 12.1 Å². The monoisotopic (exact) mass is 280 g/mol. The van der Waals surface area contributed by atoms with Gasteiger partial charge in [0.15, 0.2) is 0 Å². The molecule has 2 rings (SSSR count). The summed E-state index contributed by atoms with van der Waals surface area (Å²) in [6, 6.07) is 4.39. The maximum absolute atomic E-state index is 14.0. The number of hydrogen-bond acceptors (Lipinski definition) is 4. The van der Waals surface area contributed by atoms with Crippen molar-refractivity contribution >= 4 is 12.6 Å². The number of hydrogen-bond donors (Lipinski definition) is 2. The summed E-state index contributed by atoms with van der Waals surface area (Å²) in [5.41, 5.74) is 0.857. The van der Waals surface area contributed by atoms with Gasteiger partial charge in [0.05, 0.1) is 0 Å². The molecule has 1 heterocycles. The quantitative estimate of drug-likeness (QED) is 0.767. The van der Waals surface area contributed by atoms with Gasteiger partial charge in [-0.2, -0.15) is 0 Å². The molecule has 0 aromatic heterocycles. The molecule has 2 N–H and O–H groups in total. The third-order valence-corrected chi connectivity index (χ3v) is 4.16. The number of benzene rings is 1. The van der Waals surface area contributed by atoms with E-state index >= 15 is 0 Å². The third kappa shape index (κ3) is 3.38. The number of nitrogens with zero attached hydrogens (tertiary/aromatic N) is 2. The molecule has 20 heavy (non-hydrogen) atoms. The fourth-order valence-electron chi connectivity index (χ4n) is 2.57. The van der Waals surface area contributed by atoms with Crippen LogP contribution in [0.2, 0.25) is 0 Å². The summed E-state index contributed by atoms with van der Waals surface area (Å²) in [5, 5.41) is 18.1. The molecule has 1 fully saturated rings. The zero-order valence-electron chi connectivity index (χ0n) is 12.3. The first-order valence-electron chi connectivity index (χ1n) is 6.87. The van der Waals surface area contributed by atoms with E-state index in [-0.39, 0.29) is 16.8 Å². The Labute approximate surface area is 120 Å². The van der Waals surface area contributed by atoms with Crippen LogP contribution in [0.1, 0.15) is 19.4 Å². The van der Waals surface area contributed by atoms with Gasteiger partial charge in [-0.1, -0.05) is 12.1 Å². The average Bonchev–Trinajstić information content (AvgIpc) is 2.35. The van der Waals surface area contributed by atoms with Gasteiger partial charge in [0, 0.05) is 37.3 Å². The summed E-state index contributed by atoms with van der Waals surface area (Å²) in [6.07, 6.45) is 0. The van der Waals surface area contributed by atoms with Gasteiger partial charge >= 0.3 is 7.12 Å². The topological polar surface area (TPSA) is 46.9 Å². The lowest BCUT2D eigenvalue weighted by molar-refractivity contribution is 0.0355. The molecule has 0 aliphatic carbocycles. The van der Waals surface area contributed by atoms with Crippen molar-refractivity contribution in [3.05, 3.63) is 29.6 Å². The van der Waals surface area contributed by atoms with Crippen LogP contribution in [0, 0.1) is 5.82 Å². The predicted molar refractivity (Wildman–Crippen MR) is 78.2 cm³/mol. The van der Waals surface area contributed by atoms with Crippen LogP contribution in [0.3, 0.4) is 0 Å². The highest BCUT2D eigenvalue weighted by molar-refractivity contribution is 6.58. The number of piperazine rings is 1. The van der Waals surface area contributed by atoms with E-state index in [9.17, 15) is 4.39 Å². The van der Waals surface area contributed by atoms with Gasteiger partial charge in [-0.15, -0.1) is 0 Å². The van der Waals surface area contributed by atoms with Gasteiger partial charge in [-0.3, -0.25) is 9.80 Å². The molecule has 0 atom stereocenters. The molecule has 110 valence electrons. The second-order valence-corrected chi connectivity index (χ2v) is 6.17. The molecule has 0 unspecified atom stereocenters. The van der Waals surface area contributed by atoms with Gasteiger partial charge in [-0.05, 0) is 32.4 Å². The van der Waals surface area contributed by atoms with Crippen molar-refractivity contribution in [1.82, 2.24) is 9.80 Å². The molecule has 0 radical (unpaired) electrons. The largest absolute Gasteiger partial charge is 0.488 e.